The molecule has 10 heteroatoms. The largest absolute Gasteiger partial charge is 0.379 e. The molecular formula is C21H34N4O5S. The molecule has 3 rings (SSSR count). The summed E-state index contributed by atoms with van der Waals surface area (Å²) < 4.78 is 32.3. The number of hydrogen-bond acceptors (Lipinski definition) is 7. The quantitative estimate of drug-likeness (QED) is 0.418. The Bertz CT molecular complexity index is 849. The van der Waals surface area contributed by atoms with Gasteiger partial charge in [-0.05, 0) is 50.9 Å². The highest BCUT2D eigenvalue weighted by molar-refractivity contribution is 7.89. The Morgan fingerprint density at radius 2 is 1.87 bits per heavy atom. The van der Waals surface area contributed by atoms with Gasteiger partial charge in [-0.15, -0.1) is 0 Å². The van der Waals surface area contributed by atoms with E-state index >= 15 is 0 Å². The number of morpholine rings is 1. The lowest BCUT2D eigenvalue weighted by atomic mass is 9.95. The summed E-state index contributed by atoms with van der Waals surface area (Å²) in [4.78, 5) is 15.7. The molecule has 0 bridgehead atoms. The fourth-order valence-electron chi connectivity index (χ4n) is 4.33. The zero-order valence-electron chi connectivity index (χ0n) is 18.5. The molecule has 0 aromatic heterocycles. The second-order valence-corrected chi connectivity index (χ2v) is 10.4. The van der Waals surface area contributed by atoms with E-state index in [2.05, 4.69) is 18.9 Å². The Labute approximate surface area is 185 Å². The van der Waals surface area contributed by atoms with Gasteiger partial charge in [-0.3, -0.25) is 10.1 Å². The predicted octanol–water partition coefficient (Wildman–Crippen LogP) is 2.56. The molecule has 2 fully saturated rings. The van der Waals surface area contributed by atoms with Crippen molar-refractivity contribution >= 4 is 21.4 Å². The third-order valence-corrected chi connectivity index (χ3v) is 8.06. The molecule has 1 aromatic rings. The number of piperidine rings is 1. The zero-order chi connectivity index (χ0) is 22.4. The smallest absolute Gasteiger partial charge is 0.293 e. The number of nitrogens with zero attached hydrogens (tertiary/aromatic N) is 4. The van der Waals surface area contributed by atoms with Crippen LogP contribution in [0.1, 0.15) is 32.6 Å². The van der Waals surface area contributed by atoms with Crippen LogP contribution >= 0.6 is 0 Å². The Morgan fingerprint density at radius 1 is 1.19 bits per heavy atom. The van der Waals surface area contributed by atoms with E-state index in [0.717, 1.165) is 39.0 Å². The van der Waals surface area contributed by atoms with Gasteiger partial charge in [-0.25, -0.2) is 8.42 Å². The number of ether oxygens (including phenoxy) is 1. The highest BCUT2D eigenvalue weighted by Gasteiger charge is 2.31. The van der Waals surface area contributed by atoms with Gasteiger partial charge in [-0.1, -0.05) is 13.3 Å². The van der Waals surface area contributed by atoms with E-state index in [4.69, 9.17) is 4.74 Å². The summed E-state index contributed by atoms with van der Waals surface area (Å²) in [6, 6.07) is 4.31. The molecule has 0 saturated carbocycles. The van der Waals surface area contributed by atoms with Crippen LogP contribution in [0.2, 0.25) is 0 Å². The number of hydrogen-bond donors (Lipinski definition) is 0. The zero-order valence-corrected chi connectivity index (χ0v) is 19.3. The lowest BCUT2D eigenvalue weighted by molar-refractivity contribution is -0.384. The molecule has 2 heterocycles. The summed E-state index contributed by atoms with van der Waals surface area (Å²) in [5, 5.41) is 11.8. The number of sulfonamides is 1. The van der Waals surface area contributed by atoms with Gasteiger partial charge >= 0.3 is 0 Å². The van der Waals surface area contributed by atoms with E-state index in [1.807, 2.05) is 4.90 Å². The Balaban J connectivity index is 1.70. The van der Waals surface area contributed by atoms with Gasteiger partial charge in [0.25, 0.3) is 5.69 Å². The van der Waals surface area contributed by atoms with Gasteiger partial charge in [-0.2, -0.15) is 4.31 Å². The van der Waals surface area contributed by atoms with Crippen LogP contribution in [0.4, 0.5) is 11.4 Å². The lowest BCUT2D eigenvalue weighted by Gasteiger charge is -2.35. The third kappa shape index (κ3) is 5.94. The number of benzene rings is 1. The predicted molar refractivity (Wildman–Crippen MR) is 120 cm³/mol. The van der Waals surface area contributed by atoms with Crippen molar-refractivity contribution in [1.29, 1.82) is 0 Å². The Kier molecular flexibility index (Phi) is 8.26. The number of unbranched alkanes of at least 4 members (excludes halogenated alkanes) is 1. The van der Waals surface area contributed by atoms with Gasteiger partial charge in [0.15, 0.2) is 0 Å². The van der Waals surface area contributed by atoms with Crippen molar-refractivity contribution < 1.29 is 18.1 Å². The summed E-state index contributed by atoms with van der Waals surface area (Å²) in [7, 11) is -1.62. The summed E-state index contributed by atoms with van der Waals surface area (Å²) in [5.41, 5.74) is 0.358. The van der Waals surface area contributed by atoms with Crippen LogP contribution in [0.15, 0.2) is 23.1 Å². The fraction of sp³-hybridized carbons (Fsp3) is 0.714. The SMILES string of the molecule is CCCCN(C)CC1CCN(c2ccc(S(=O)(=O)N3CCOCC3)cc2[N+](=O)[O-])CC1. The molecule has 9 nitrogen and oxygen atoms in total. The minimum atomic E-state index is -3.77. The average molecular weight is 455 g/mol. The molecule has 31 heavy (non-hydrogen) atoms. The molecule has 0 aliphatic carbocycles. The van der Waals surface area contributed by atoms with Crippen LogP contribution in [0.5, 0.6) is 0 Å². The van der Waals surface area contributed by atoms with Crippen LogP contribution in [-0.4, -0.2) is 82.1 Å². The molecule has 0 radical (unpaired) electrons. The maximum atomic E-state index is 12.9. The second kappa shape index (κ2) is 10.7. The summed E-state index contributed by atoms with van der Waals surface area (Å²) in [6.45, 7) is 7.01. The minimum Gasteiger partial charge on any atom is -0.379 e. The highest BCUT2D eigenvalue weighted by Crippen LogP contribution is 2.34. The number of nitro groups is 1. The molecule has 1 aromatic carbocycles. The Hall–Kier alpha value is -1.75. The fourth-order valence-corrected chi connectivity index (χ4v) is 5.76. The van der Waals surface area contributed by atoms with Gasteiger partial charge in [0.1, 0.15) is 5.69 Å². The van der Waals surface area contributed by atoms with Crippen molar-refractivity contribution in [3.63, 3.8) is 0 Å². The van der Waals surface area contributed by atoms with Crippen LogP contribution < -0.4 is 4.90 Å². The third-order valence-electron chi connectivity index (χ3n) is 6.17. The summed E-state index contributed by atoms with van der Waals surface area (Å²) in [6.07, 6.45) is 4.33. The van der Waals surface area contributed by atoms with E-state index in [-0.39, 0.29) is 23.7 Å². The van der Waals surface area contributed by atoms with Gasteiger partial charge < -0.3 is 14.5 Å². The topological polar surface area (TPSA) is 96.2 Å². The average Bonchev–Trinajstić information content (AvgIpc) is 2.78. The van der Waals surface area contributed by atoms with Crippen molar-refractivity contribution in [3.8, 4) is 0 Å². The van der Waals surface area contributed by atoms with Crippen molar-refractivity contribution in [2.45, 2.75) is 37.5 Å². The second-order valence-electron chi connectivity index (χ2n) is 8.47. The molecule has 0 atom stereocenters. The lowest BCUT2D eigenvalue weighted by Crippen LogP contribution is -2.40. The van der Waals surface area contributed by atoms with E-state index in [0.29, 0.717) is 24.8 Å². The summed E-state index contributed by atoms with van der Waals surface area (Å²) >= 11 is 0. The summed E-state index contributed by atoms with van der Waals surface area (Å²) in [5.74, 6) is 0.582. The van der Waals surface area contributed by atoms with E-state index in [1.165, 1.54) is 29.3 Å². The van der Waals surface area contributed by atoms with Crippen molar-refractivity contribution in [3.05, 3.63) is 28.3 Å². The van der Waals surface area contributed by atoms with Gasteiger partial charge in [0, 0.05) is 38.8 Å². The van der Waals surface area contributed by atoms with Crippen molar-refractivity contribution in [1.82, 2.24) is 9.21 Å². The molecular weight excluding hydrogens is 420 g/mol. The van der Waals surface area contributed by atoms with Crippen LogP contribution in [0, 0.1) is 16.0 Å². The normalized spacial score (nSPS) is 19.1. The molecule has 174 valence electrons. The van der Waals surface area contributed by atoms with Crippen LogP contribution in [0.3, 0.4) is 0 Å². The molecule has 0 amide bonds. The molecule has 2 aliphatic rings. The van der Waals surface area contributed by atoms with E-state index in [9.17, 15) is 18.5 Å². The molecule has 0 N–H and O–H groups in total. The highest BCUT2D eigenvalue weighted by atomic mass is 32.2. The molecule has 0 unspecified atom stereocenters. The van der Waals surface area contributed by atoms with Crippen LogP contribution in [0.25, 0.3) is 0 Å². The number of rotatable bonds is 9. The maximum Gasteiger partial charge on any atom is 0.293 e. The first-order valence-corrected chi connectivity index (χ1v) is 12.6. The van der Waals surface area contributed by atoms with Crippen molar-refractivity contribution in [2.24, 2.45) is 5.92 Å². The van der Waals surface area contributed by atoms with Crippen molar-refractivity contribution in [2.75, 3.05) is 64.4 Å². The first-order valence-electron chi connectivity index (χ1n) is 11.1. The van der Waals surface area contributed by atoms with E-state index in [1.54, 1.807) is 6.07 Å². The Morgan fingerprint density at radius 3 is 2.48 bits per heavy atom. The number of nitro benzene ring substituents is 1. The van der Waals surface area contributed by atoms with E-state index < -0.39 is 14.9 Å². The molecule has 0 spiro atoms. The number of anilines is 1. The monoisotopic (exact) mass is 454 g/mol. The minimum absolute atomic E-state index is 0.0303. The molecule has 2 saturated heterocycles. The van der Waals surface area contributed by atoms with Gasteiger partial charge in [0.2, 0.25) is 10.0 Å². The van der Waals surface area contributed by atoms with Crippen LogP contribution in [-0.2, 0) is 14.8 Å². The molecule has 2 aliphatic heterocycles. The standard InChI is InChI=1S/C21H34N4O5S/c1-3-4-9-22(2)17-18-7-10-23(11-8-18)20-6-5-19(16-21(20)25(26)27)31(28,29)24-12-14-30-15-13-24/h5-6,16,18H,3-4,7-15,17H2,1-2H3. The van der Waals surface area contributed by atoms with Gasteiger partial charge in [0.05, 0.1) is 23.0 Å². The first-order chi connectivity index (χ1) is 14.8. The first kappa shape index (κ1) is 23.9. The maximum absolute atomic E-state index is 12.9.